The van der Waals surface area contributed by atoms with Crippen molar-refractivity contribution < 1.29 is 109 Å². The van der Waals surface area contributed by atoms with Crippen LogP contribution < -0.4 is 4.90 Å². The first-order chi connectivity index (χ1) is 29.8. The molecular weight excluding hydrogens is 946 g/mol. The maximum Gasteiger partial charge on any atom is 0.430 e. The number of alkyl halides is 18. The molecule has 2 aliphatic heterocycles. The Bertz CT molecular complexity index is 2620. The predicted molar refractivity (Wildman–Crippen MR) is 186 cm³/mol. The first kappa shape index (κ1) is 49.5. The SMILES string of the molecule is Cc1ccc(Cc2ccc(N3C(=O)c4ccc(C(c5ccc6c(c5)C(=O)N(C)C6O)(C(F)(F)F)C(F)(F)F)cc4C3=O)c(C(O)(C(F)(F)F)C(F)(F)F)c2)cc1C(O)(C(F)(F)F)C(F)(F)F. The van der Waals surface area contributed by atoms with Gasteiger partial charge in [-0.05, 0) is 71.5 Å². The van der Waals surface area contributed by atoms with Crippen molar-refractivity contribution in [2.75, 3.05) is 11.9 Å². The van der Waals surface area contributed by atoms with E-state index in [1.807, 2.05) is 0 Å². The lowest BCUT2D eigenvalue weighted by atomic mass is 9.71. The second-order valence-corrected chi connectivity index (χ2v) is 15.1. The third kappa shape index (κ3) is 7.04. The summed E-state index contributed by atoms with van der Waals surface area (Å²) in [5.41, 5.74) is -33.3. The van der Waals surface area contributed by atoms with Gasteiger partial charge in [0.05, 0.1) is 16.8 Å². The molecule has 6 rings (SSSR count). The van der Waals surface area contributed by atoms with Crippen LogP contribution in [0, 0.1) is 6.92 Å². The van der Waals surface area contributed by atoms with Crippen LogP contribution in [0.1, 0.15) is 81.8 Å². The number of carbonyl (C=O) groups excluding carboxylic acids is 3. The fourth-order valence-electron chi connectivity index (χ4n) is 7.90. The Labute approximate surface area is 356 Å². The first-order valence-corrected chi connectivity index (χ1v) is 18.0. The third-order valence-electron chi connectivity index (χ3n) is 11.3. The van der Waals surface area contributed by atoms with Crippen molar-refractivity contribution >= 4 is 23.4 Å². The van der Waals surface area contributed by atoms with E-state index < -0.39 is 156 Å². The van der Waals surface area contributed by atoms with E-state index in [2.05, 4.69) is 0 Å². The number of aryl methyl sites for hydroxylation is 1. The van der Waals surface area contributed by atoms with Crippen LogP contribution in [0.4, 0.5) is 84.7 Å². The van der Waals surface area contributed by atoms with Gasteiger partial charge in [-0.3, -0.25) is 14.4 Å². The van der Waals surface area contributed by atoms with Crippen LogP contribution in [-0.2, 0) is 23.0 Å². The first-order valence-electron chi connectivity index (χ1n) is 18.0. The van der Waals surface area contributed by atoms with Crippen LogP contribution in [0.5, 0.6) is 0 Å². The molecule has 4 aromatic rings. The lowest BCUT2D eigenvalue weighted by molar-refractivity contribution is -0.376. The summed E-state index contributed by atoms with van der Waals surface area (Å²) < 4.78 is 260. The van der Waals surface area contributed by atoms with Crippen molar-refractivity contribution in [1.82, 2.24) is 4.90 Å². The number of aliphatic hydroxyl groups excluding tert-OH is 1. The fraction of sp³-hybridized carbons (Fsp3) is 0.325. The van der Waals surface area contributed by atoms with Gasteiger partial charge >= 0.3 is 37.1 Å². The highest BCUT2D eigenvalue weighted by atomic mass is 19.4. The molecule has 1 unspecified atom stereocenters. The zero-order valence-corrected chi connectivity index (χ0v) is 32.5. The Morgan fingerprint density at radius 3 is 1.41 bits per heavy atom. The number of imide groups is 1. The second-order valence-electron chi connectivity index (χ2n) is 15.1. The molecule has 2 aliphatic rings. The number of hydrogen-bond donors (Lipinski definition) is 3. The minimum atomic E-state index is -6.88. The van der Waals surface area contributed by atoms with Crippen molar-refractivity contribution in [2.45, 2.75) is 73.2 Å². The average molecular weight is 971 g/mol. The van der Waals surface area contributed by atoms with E-state index in [0.29, 0.717) is 30.0 Å². The Morgan fingerprint density at radius 1 is 0.500 bits per heavy atom. The van der Waals surface area contributed by atoms with Gasteiger partial charge in [0, 0.05) is 29.3 Å². The van der Waals surface area contributed by atoms with E-state index >= 15 is 26.3 Å². The molecule has 1 atom stereocenters. The van der Waals surface area contributed by atoms with Gasteiger partial charge in [-0.2, -0.15) is 79.0 Å². The van der Waals surface area contributed by atoms with Gasteiger partial charge in [0.15, 0.2) is 6.23 Å². The van der Waals surface area contributed by atoms with Crippen LogP contribution in [-0.4, -0.2) is 82.0 Å². The number of amides is 3. The molecule has 26 heteroatoms. The Morgan fingerprint density at radius 2 is 0.924 bits per heavy atom. The van der Waals surface area contributed by atoms with Crippen molar-refractivity contribution in [3.63, 3.8) is 0 Å². The van der Waals surface area contributed by atoms with E-state index in [1.165, 1.54) is 0 Å². The van der Waals surface area contributed by atoms with E-state index in [4.69, 9.17) is 0 Å². The highest BCUT2D eigenvalue weighted by Gasteiger charge is 2.75. The molecule has 0 radical (unpaired) electrons. The maximum atomic E-state index is 15.1. The molecule has 3 N–H and O–H groups in total. The van der Waals surface area contributed by atoms with Crippen LogP contribution in [0.25, 0.3) is 0 Å². The molecule has 0 aliphatic carbocycles. The number of benzene rings is 4. The van der Waals surface area contributed by atoms with Crippen molar-refractivity contribution in [2.24, 2.45) is 0 Å². The van der Waals surface area contributed by atoms with Gasteiger partial charge in [0.2, 0.25) is 5.41 Å². The second kappa shape index (κ2) is 15.1. The predicted octanol–water partition coefficient (Wildman–Crippen LogP) is 9.50. The summed E-state index contributed by atoms with van der Waals surface area (Å²) >= 11 is 0. The molecule has 3 amide bonds. The summed E-state index contributed by atoms with van der Waals surface area (Å²) in [5, 5.41) is 30.7. The molecule has 0 saturated carbocycles. The fourth-order valence-corrected chi connectivity index (χ4v) is 7.90. The average Bonchev–Trinajstić information content (AvgIpc) is 3.54. The van der Waals surface area contributed by atoms with Crippen molar-refractivity contribution in [3.05, 3.63) is 134 Å². The summed E-state index contributed by atoms with van der Waals surface area (Å²) in [6.45, 7) is 0.679. The Hall–Kier alpha value is -5.89. The Balaban J connectivity index is 1.54. The van der Waals surface area contributed by atoms with Crippen molar-refractivity contribution in [1.29, 1.82) is 0 Å². The number of anilines is 1. The standard InChI is InChI=1S/C40H24F18N2O6/c1-16-3-4-17(12-25(16)33(65,37(47,48)49)38(50,51)52)11-18-5-10-27(26(13-18)34(66,39(53,54)55)40(56,57)58)60-30(63)22-9-7-20(15-24(22)31(60)64)32(35(41,42)43,36(44,45)46)19-6-8-21-23(14-19)29(62)59(2)28(21)61/h3-10,12-15,28,61,65-66H,11H2,1-2H3. The van der Waals surface area contributed by atoms with Gasteiger partial charge in [-0.1, -0.05) is 42.5 Å². The molecular formula is C40H24F18N2O6. The maximum absolute atomic E-state index is 15.1. The molecule has 0 saturated heterocycles. The number of aliphatic hydroxyl groups is 3. The van der Waals surface area contributed by atoms with Gasteiger partial charge in [0.25, 0.3) is 28.9 Å². The quantitative estimate of drug-likeness (QED) is 0.126. The van der Waals surface area contributed by atoms with Gasteiger partial charge < -0.3 is 20.2 Å². The van der Waals surface area contributed by atoms with E-state index in [9.17, 15) is 82.4 Å². The lowest BCUT2D eigenvalue weighted by Gasteiger charge is -2.38. The zero-order valence-electron chi connectivity index (χ0n) is 32.5. The molecule has 0 aromatic heterocycles. The smallest absolute Gasteiger partial charge is 0.369 e. The Kier molecular flexibility index (Phi) is 11.3. The highest BCUT2D eigenvalue weighted by Crippen LogP contribution is 2.58. The molecule has 0 fully saturated rings. The number of rotatable bonds is 7. The van der Waals surface area contributed by atoms with Crippen LogP contribution in [0.15, 0.2) is 72.8 Å². The number of fused-ring (bicyclic) bond motifs is 2. The number of halogens is 18. The van der Waals surface area contributed by atoms with E-state index in [1.54, 1.807) is 0 Å². The van der Waals surface area contributed by atoms with Gasteiger partial charge in [-0.25, -0.2) is 4.90 Å². The third-order valence-corrected chi connectivity index (χ3v) is 11.3. The summed E-state index contributed by atoms with van der Waals surface area (Å²) in [4.78, 5) is 40.2. The number of nitrogens with zero attached hydrogens (tertiary/aromatic N) is 2. The van der Waals surface area contributed by atoms with Gasteiger partial charge in [0.1, 0.15) is 0 Å². The molecule has 2 heterocycles. The van der Waals surface area contributed by atoms with Gasteiger partial charge in [-0.15, -0.1) is 0 Å². The summed E-state index contributed by atoms with van der Waals surface area (Å²) in [6, 6.07) is 2.62. The van der Waals surface area contributed by atoms with E-state index in [0.717, 1.165) is 13.1 Å². The molecule has 66 heavy (non-hydrogen) atoms. The topological polar surface area (TPSA) is 118 Å². The summed E-state index contributed by atoms with van der Waals surface area (Å²) in [7, 11) is 0.953. The molecule has 4 aromatic carbocycles. The molecule has 356 valence electrons. The zero-order chi connectivity index (χ0) is 50.1. The molecule has 8 nitrogen and oxygen atoms in total. The van der Waals surface area contributed by atoms with Crippen LogP contribution >= 0.6 is 0 Å². The number of hydrogen-bond acceptors (Lipinski definition) is 6. The molecule has 0 bridgehead atoms. The highest BCUT2D eigenvalue weighted by molar-refractivity contribution is 6.34. The number of carbonyl (C=O) groups is 3. The lowest BCUT2D eigenvalue weighted by Crippen LogP contribution is -2.55. The van der Waals surface area contributed by atoms with E-state index in [-0.39, 0.29) is 48.5 Å². The largest absolute Gasteiger partial charge is 0.430 e. The van der Waals surface area contributed by atoms with Crippen molar-refractivity contribution in [3.8, 4) is 0 Å². The summed E-state index contributed by atoms with van der Waals surface area (Å²) in [5.74, 6) is -5.37. The monoisotopic (exact) mass is 970 g/mol. The minimum Gasteiger partial charge on any atom is -0.369 e. The normalized spacial score (nSPS) is 17.0. The minimum absolute atomic E-state index is 0.00472. The molecule has 0 spiro atoms. The van der Waals surface area contributed by atoms with Crippen LogP contribution in [0.3, 0.4) is 0 Å². The summed E-state index contributed by atoms with van der Waals surface area (Å²) in [6.07, 6.45) is -42.6. The van der Waals surface area contributed by atoms with Crippen LogP contribution in [0.2, 0.25) is 0 Å².